The van der Waals surface area contributed by atoms with Crippen LogP contribution in [0.4, 0.5) is 4.39 Å². The molecule has 0 aliphatic heterocycles. The molecule has 24 heavy (non-hydrogen) atoms. The predicted molar refractivity (Wildman–Crippen MR) is 88.9 cm³/mol. The molecule has 1 amide bonds. The fourth-order valence-corrected chi connectivity index (χ4v) is 2.40. The molecule has 0 saturated carbocycles. The van der Waals surface area contributed by atoms with Gasteiger partial charge in [-0.3, -0.25) is 4.79 Å². The van der Waals surface area contributed by atoms with Crippen molar-refractivity contribution in [3.63, 3.8) is 0 Å². The first-order valence-electron chi connectivity index (χ1n) is 7.36. The van der Waals surface area contributed by atoms with Gasteiger partial charge in [-0.25, -0.2) is 4.98 Å². The van der Waals surface area contributed by atoms with Crippen molar-refractivity contribution in [3.05, 3.63) is 83.9 Å². The molecule has 1 aromatic heterocycles. The summed E-state index contributed by atoms with van der Waals surface area (Å²) in [5, 5.41) is 0. The van der Waals surface area contributed by atoms with Crippen molar-refractivity contribution < 1.29 is 13.9 Å². The Labute approximate surface area is 138 Å². The molecule has 0 bridgehead atoms. The van der Waals surface area contributed by atoms with Gasteiger partial charge in [-0.1, -0.05) is 30.3 Å². The fraction of sp³-hybridized carbons (Fsp3) is 0.0526. The van der Waals surface area contributed by atoms with Crippen molar-refractivity contribution in [2.24, 2.45) is 5.73 Å². The van der Waals surface area contributed by atoms with Crippen LogP contribution < -0.4 is 10.5 Å². The van der Waals surface area contributed by atoms with Crippen LogP contribution in [0.3, 0.4) is 0 Å². The van der Waals surface area contributed by atoms with Crippen molar-refractivity contribution in [1.29, 1.82) is 0 Å². The third-order valence-corrected chi connectivity index (χ3v) is 3.57. The molecule has 2 aromatic carbocycles. The summed E-state index contributed by atoms with van der Waals surface area (Å²) in [6.45, 7) is 0.280. The molecule has 2 N–H and O–H groups in total. The standard InChI is InChI=1S/C19H15FN2O2/c20-18-11-13(8-9-22-18)17-7-2-1-4-15(17)12-24-16-6-3-5-14(10-16)19(21)23/h1-11H,12H2,(H2,21,23). The SMILES string of the molecule is NC(=O)c1cccc(OCc2ccccc2-c2ccnc(F)c2)c1. The lowest BCUT2D eigenvalue weighted by Gasteiger charge is -2.12. The minimum absolute atomic E-state index is 0.280. The number of carbonyl (C=O) groups excluding carboxylic acids is 1. The van der Waals surface area contributed by atoms with Gasteiger partial charge in [-0.05, 0) is 41.0 Å². The van der Waals surface area contributed by atoms with Crippen LogP contribution in [0.2, 0.25) is 0 Å². The Bertz CT molecular complexity index is 881. The zero-order valence-corrected chi connectivity index (χ0v) is 12.8. The summed E-state index contributed by atoms with van der Waals surface area (Å²) in [4.78, 5) is 14.8. The summed E-state index contributed by atoms with van der Waals surface area (Å²) in [6, 6.07) is 17.4. The molecular formula is C19H15FN2O2. The topological polar surface area (TPSA) is 65.2 Å². The zero-order valence-electron chi connectivity index (χ0n) is 12.8. The molecule has 0 fully saturated rings. The van der Waals surface area contributed by atoms with Gasteiger partial charge in [-0.15, -0.1) is 0 Å². The largest absolute Gasteiger partial charge is 0.489 e. The van der Waals surface area contributed by atoms with Crippen LogP contribution in [0, 0.1) is 5.95 Å². The van der Waals surface area contributed by atoms with Crippen molar-refractivity contribution in [1.82, 2.24) is 4.98 Å². The third kappa shape index (κ3) is 3.57. The van der Waals surface area contributed by atoms with Gasteiger partial charge in [0.1, 0.15) is 12.4 Å². The molecule has 0 atom stereocenters. The van der Waals surface area contributed by atoms with Crippen LogP contribution in [0.25, 0.3) is 11.1 Å². The van der Waals surface area contributed by atoms with Crippen molar-refractivity contribution in [2.75, 3.05) is 0 Å². The number of nitrogens with zero attached hydrogens (tertiary/aromatic N) is 1. The molecule has 0 aliphatic rings. The molecule has 1 heterocycles. The van der Waals surface area contributed by atoms with Gasteiger partial charge in [0.15, 0.2) is 0 Å². The summed E-state index contributed by atoms with van der Waals surface area (Å²) < 4.78 is 19.1. The van der Waals surface area contributed by atoms with Crippen LogP contribution in [0.5, 0.6) is 5.75 Å². The van der Waals surface area contributed by atoms with Gasteiger partial charge < -0.3 is 10.5 Å². The maximum atomic E-state index is 13.4. The quantitative estimate of drug-likeness (QED) is 0.730. The highest BCUT2D eigenvalue weighted by atomic mass is 19.1. The Morgan fingerprint density at radius 3 is 2.71 bits per heavy atom. The number of amides is 1. The summed E-state index contributed by atoms with van der Waals surface area (Å²) in [7, 11) is 0. The number of nitrogens with two attached hydrogens (primary N) is 1. The highest BCUT2D eigenvalue weighted by molar-refractivity contribution is 5.93. The molecule has 120 valence electrons. The van der Waals surface area contributed by atoms with E-state index in [0.717, 1.165) is 16.7 Å². The molecule has 3 aromatic rings. The second-order valence-electron chi connectivity index (χ2n) is 5.21. The maximum Gasteiger partial charge on any atom is 0.248 e. The van der Waals surface area contributed by atoms with E-state index in [4.69, 9.17) is 10.5 Å². The Hall–Kier alpha value is -3.21. The molecule has 0 unspecified atom stereocenters. The van der Waals surface area contributed by atoms with E-state index >= 15 is 0 Å². The summed E-state index contributed by atoms with van der Waals surface area (Å²) in [5.74, 6) is -0.493. The van der Waals surface area contributed by atoms with Gasteiger partial charge in [0, 0.05) is 17.8 Å². The van der Waals surface area contributed by atoms with Crippen LogP contribution in [-0.2, 0) is 6.61 Å². The van der Waals surface area contributed by atoms with E-state index in [0.29, 0.717) is 11.3 Å². The fourth-order valence-electron chi connectivity index (χ4n) is 2.40. The monoisotopic (exact) mass is 322 g/mol. The lowest BCUT2D eigenvalue weighted by Crippen LogP contribution is -2.10. The van der Waals surface area contributed by atoms with E-state index < -0.39 is 11.9 Å². The average molecular weight is 322 g/mol. The number of benzene rings is 2. The molecule has 0 saturated heterocycles. The number of primary amides is 1. The second kappa shape index (κ2) is 6.91. The predicted octanol–water partition coefficient (Wildman–Crippen LogP) is 3.57. The van der Waals surface area contributed by atoms with Crippen LogP contribution >= 0.6 is 0 Å². The maximum absolute atomic E-state index is 13.4. The third-order valence-electron chi connectivity index (χ3n) is 3.57. The first-order valence-corrected chi connectivity index (χ1v) is 7.36. The molecule has 5 heteroatoms. The number of aromatic nitrogens is 1. The first kappa shape index (κ1) is 15.7. The van der Waals surface area contributed by atoms with Gasteiger partial charge in [0.05, 0.1) is 0 Å². The molecule has 4 nitrogen and oxygen atoms in total. The average Bonchev–Trinajstić information content (AvgIpc) is 2.60. The molecule has 0 aliphatic carbocycles. The molecular weight excluding hydrogens is 307 g/mol. The number of carbonyl (C=O) groups is 1. The van der Waals surface area contributed by atoms with E-state index in [1.165, 1.54) is 12.3 Å². The van der Waals surface area contributed by atoms with Gasteiger partial charge >= 0.3 is 0 Å². The number of ether oxygens (including phenoxy) is 1. The number of halogens is 1. The Kier molecular flexibility index (Phi) is 4.52. The van der Waals surface area contributed by atoms with E-state index in [1.54, 1.807) is 30.3 Å². The lowest BCUT2D eigenvalue weighted by atomic mass is 10.0. The minimum atomic E-state index is -0.530. The number of hydrogen-bond donors (Lipinski definition) is 1. The zero-order chi connectivity index (χ0) is 16.9. The molecule has 0 radical (unpaired) electrons. The second-order valence-corrected chi connectivity index (χ2v) is 5.21. The molecule has 0 spiro atoms. The van der Waals surface area contributed by atoms with E-state index in [9.17, 15) is 9.18 Å². The smallest absolute Gasteiger partial charge is 0.248 e. The van der Waals surface area contributed by atoms with Crippen LogP contribution in [0.1, 0.15) is 15.9 Å². The summed E-state index contributed by atoms with van der Waals surface area (Å²) in [6.07, 6.45) is 1.43. The summed E-state index contributed by atoms with van der Waals surface area (Å²) in [5.41, 5.74) is 8.15. The molecule has 3 rings (SSSR count). The van der Waals surface area contributed by atoms with Crippen molar-refractivity contribution >= 4 is 5.91 Å². The van der Waals surface area contributed by atoms with Gasteiger partial charge in [0.25, 0.3) is 0 Å². The first-order chi connectivity index (χ1) is 11.6. The number of pyridine rings is 1. The summed E-state index contributed by atoms with van der Waals surface area (Å²) >= 11 is 0. The van der Waals surface area contributed by atoms with Gasteiger partial charge in [0.2, 0.25) is 11.9 Å². The van der Waals surface area contributed by atoms with Crippen molar-refractivity contribution in [2.45, 2.75) is 6.61 Å². The van der Waals surface area contributed by atoms with E-state index in [1.807, 2.05) is 24.3 Å². The van der Waals surface area contributed by atoms with E-state index in [2.05, 4.69) is 4.98 Å². The van der Waals surface area contributed by atoms with Crippen molar-refractivity contribution in [3.8, 4) is 16.9 Å². The lowest BCUT2D eigenvalue weighted by molar-refractivity contribution is 0.1000. The Balaban J connectivity index is 1.84. The highest BCUT2D eigenvalue weighted by Crippen LogP contribution is 2.25. The number of rotatable bonds is 5. The van der Waals surface area contributed by atoms with E-state index in [-0.39, 0.29) is 6.61 Å². The van der Waals surface area contributed by atoms with Crippen LogP contribution in [-0.4, -0.2) is 10.9 Å². The highest BCUT2D eigenvalue weighted by Gasteiger charge is 2.08. The minimum Gasteiger partial charge on any atom is -0.489 e. The normalized spacial score (nSPS) is 10.4. The van der Waals surface area contributed by atoms with Gasteiger partial charge in [-0.2, -0.15) is 4.39 Å². The number of hydrogen-bond acceptors (Lipinski definition) is 3. The van der Waals surface area contributed by atoms with Crippen LogP contribution in [0.15, 0.2) is 66.9 Å². The Morgan fingerprint density at radius 2 is 1.92 bits per heavy atom. The Morgan fingerprint density at radius 1 is 1.08 bits per heavy atom.